The zero-order valence-electron chi connectivity index (χ0n) is 18.0. The monoisotopic (exact) mass is 406 g/mol. The van der Waals surface area contributed by atoms with Crippen molar-refractivity contribution in [2.45, 2.75) is 40.0 Å². The molecular formula is C24H30N4O2. The number of hydrogen-bond acceptors (Lipinski definition) is 4. The van der Waals surface area contributed by atoms with Gasteiger partial charge >= 0.3 is 0 Å². The Morgan fingerprint density at radius 1 is 1.17 bits per heavy atom. The van der Waals surface area contributed by atoms with Gasteiger partial charge in [0.15, 0.2) is 11.4 Å². The fourth-order valence-electron chi connectivity index (χ4n) is 4.06. The first kappa shape index (κ1) is 20.3. The maximum atomic E-state index is 13.1. The number of imidazole rings is 1. The van der Waals surface area contributed by atoms with Gasteiger partial charge in [-0.05, 0) is 68.5 Å². The summed E-state index contributed by atoms with van der Waals surface area (Å²) in [6.07, 6.45) is 4.99. The number of nitrogens with zero attached hydrogens (tertiary/aromatic N) is 3. The molecule has 3 aromatic rings. The standard InChI is InChI=1S/C24H30N4O2/c1-4-20-22(28-14-6-7-21(30-5-2)23(28)26-20)24(29)25-18-8-10-19(11-9-18)27-15-12-17(3)13-16-27/h6-11,14,17H,4-5,12-13,15-16H2,1-3H3,(H,25,29). The van der Waals surface area contributed by atoms with Crippen molar-refractivity contribution in [3.8, 4) is 5.75 Å². The molecule has 0 atom stereocenters. The SMILES string of the molecule is CCOc1cccn2c(C(=O)Nc3ccc(N4CCC(C)CC4)cc3)c(CC)nc12. The molecular weight excluding hydrogens is 376 g/mol. The van der Waals surface area contributed by atoms with Gasteiger partial charge < -0.3 is 15.0 Å². The van der Waals surface area contributed by atoms with Gasteiger partial charge in [0.1, 0.15) is 5.69 Å². The van der Waals surface area contributed by atoms with E-state index in [4.69, 9.17) is 4.74 Å². The Hall–Kier alpha value is -3.02. The molecule has 0 bridgehead atoms. The summed E-state index contributed by atoms with van der Waals surface area (Å²) in [7, 11) is 0. The summed E-state index contributed by atoms with van der Waals surface area (Å²) in [5.41, 5.74) is 4.00. The molecule has 0 spiro atoms. The summed E-state index contributed by atoms with van der Waals surface area (Å²) in [6, 6.07) is 11.9. The van der Waals surface area contributed by atoms with Gasteiger partial charge in [0.25, 0.3) is 5.91 Å². The highest BCUT2D eigenvalue weighted by atomic mass is 16.5. The third-order valence-corrected chi connectivity index (χ3v) is 5.81. The van der Waals surface area contributed by atoms with Gasteiger partial charge in [0.2, 0.25) is 0 Å². The first-order valence-corrected chi connectivity index (χ1v) is 10.9. The zero-order chi connectivity index (χ0) is 21.1. The van der Waals surface area contributed by atoms with Crippen LogP contribution in [0.5, 0.6) is 5.75 Å². The van der Waals surface area contributed by atoms with Crippen molar-refractivity contribution in [3.63, 3.8) is 0 Å². The highest BCUT2D eigenvalue weighted by molar-refractivity contribution is 6.04. The van der Waals surface area contributed by atoms with Gasteiger partial charge in [0.05, 0.1) is 12.3 Å². The van der Waals surface area contributed by atoms with E-state index in [1.807, 2.05) is 48.7 Å². The molecule has 158 valence electrons. The van der Waals surface area contributed by atoms with Crippen LogP contribution in [0.4, 0.5) is 11.4 Å². The van der Waals surface area contributed by atoms with Crippen LogP contribution in [0.15, 0.2) is 42.6 Å². The van der Waals surface area contributed by atoms with E-state index in [2.05, 4.69) is 34.3 Å². The molecule has 1 amide bonds. The summed E-state index contributed by atoms with van der Waals surface area (Å²) >= 11 is 0. The number of pyridine rings is 1. The maximum Gasteiger partial charge on any atom is 0.274 e. The van der Waals surface area contributed by atoms with Crippen LogP contribution in [0.3, 0.4) is 0 Å². The minimum Gasteiger partial charge on any atom is -0.490 e. The molecule has 0 saturated carbocycles. The largest absolute Gasteiger partial charge is 0.490 e. The Morgan fingerprint density at radius 3 is 2.57 bits per heavy atom. The van der Waals surface area contributed by atoms with E-state index in [-0.39, 0.29) is 5.91 Å². The molecule has 0 unspecified atom stereocenters. The minimum absolute atomic E-state index is 0.160. The Labute approximate surface area is 177 Å². The van der Waals surface area contributed by atoms with Crippen molar-refractivity contribution in [3.05, 3.63) is 54.0 Å². The van der Waals surface area contributed by atoms with Crippen LogP contribution >= 0.6 is 0 Å². The number of aryl methyl sites for hydroxylation is 1. The van der Waals surface area contributed by atoms with Crippen molar-refractivity contribution in [1.82, 2.24) is 9.38 Å². The predicted octanol–water partition coefficient (Wildman–Crippen LogP) is 4.78. The fourth-order valence-corrected chi connectivity index (χ4v) is 4.06. The number of nitrogens with one attached hydrogen (secondary N) is 1. The van der Waals surface area contributed by atoms with Gasteiger partial charge in [-0.15, -0.1) is 0 Å². The summed E-state index contributed by atoms with van der Waals surface area (Å²) in [5.74, 6) is 1.34. The molecule has 0 radical (unpaired) electrons. The van der Waals surface area contributed by atoms with Crippen molar-refractivity contribution in [2.75, 3.05) is 29.9 Å². The van der Waals surface area contributed by atoms with E-state index in [9.17, 15) is 4.79 Å². The molecule has 1 aromatic carbocycles. The number of carbonyl (C=O) groups excluding carboxylic acids is 1. The quantitative estimate of drug-likeness (QED) is 0.640. The van der Waals surface area contributed by atoms with Crippen LogP contribution in [0, 0.1) is 5.92 Å². The Kier molecular flexibility index (Phi) is 5.93. The summed E-state index contributed by atoms with van der Waals surface area (Å²) < 4.78 is 7.51. The molecule has 1 saturated heterocycles. The van der Waals surface area contributed by atoms with Crippen molar-refractivity contribution < 1.29 is 9.53 Å². The average Bonchev–Trinajstić information content (AvgIpc) is 3.15. The lowest BCUT2D eigenvalue weighted by Gasteiger charge is -2.32. The molecule has 1 aliphatic heterocycles. The van der Waals surface area contributed by atoms with E-state index >= 15 is 0 Å². The average molecular weight is 407 g/mol. The first-order chi connectivity index (χ1) is 14.6. The van der Waals surface area contributed by atoms with E-state index in [1.165, 1.54) is 18.5 Å². The zero-order valence-corrected chi connectivity index (χ0v) is 18.0. The highest BCUT2D eigenvalue weighted by Gasteiger charge is 2.21. The number of fused-ring (bicyclic) bond motifs is 1. The number of anilines is 2. The topological polar surface area (TPSA) is 58.9 Å². The first-order valence-electron chi connectivity index (χ1n) is 10.9. The van der Waals surface area contributed by atoms with Gasteiger partial charge in [-0.3, -0.25) is 9.20 Å². The molecule has 6 heteroatoms. The van der Waals surface area contributed by atoms with Gasteiger partial charge in [0, 0.05) is 30.7 Å². The number of piperidine rings is 1. The second kappa shape index (κ2) is 8.78. The number of benzene rings is 1. The highest BCUT2D eigenvalue weighted by Crippen LogP contribution is 2.26. The number of ether oxygens (including phenoxy) is 1. The van der Waals surface area contributed by atoms with Crippen LogP contribution in [-0.4, -0.2) is 35.0 Å². The van der Waals surface area contributed by atoms with Crippen molar-refractivity contribution in [2.24, 2.45) is 5.92 Å². The number of amides is 1. The molecule has 2 aromatic heterocycles. The summed E-state index contributed by atoms with van der Waals surface area (Å²) in [4.78, 5) is 20.2. The normalized spacial score (nSPS) is 14.8. The second-order valence-corrected chi connectivity index (χ2v) is 7.93. The van der Waals surface area contributed by atoms with Crippen LogP contribution in [0.1, 0.15) is 49.8 Å². The number of aromatic nitrogens is 2. The van der Waals surface area contributed by atoms with Crippen LogP contribution in [-0.2, 0) is 6.42 Å². The minimum atomic E-state index is -0.160. The molecule has 4 rings (SSSR count). The second-order valence-electron chi connectivity index (χ2n) is 7.93. The van der Waals surface area contributed by atoms with Crippen molar-refractivity contribution >= 4 is 22.9 Å². The Balaban J connectivity index is 1.55. The Bertz CT molecular complexity index is 1020. The molecule has 30 heavy (non-hydrogen) atoms. The maximum absolute atomic E-state index is 13.1. The van der Waals surface area contributed by atoms with E-state index in [0.29, 0.717) is 30.1 Å². The van der Waals surface area contributed by atoms with Crippen LogP contribution < -0.4 is 15.0 Å². The summed E-state index contributed by atoms with van der Waals surface area (Å²) in [5, 5.41) is 3.04. The lowest BCUT2D eigenvalue weighted by atomic mass is 9.99. The molecule has 6 nitrogen and oxygen atoms in total. The fraction of sp³-hybridized carbons (Fsp3) is 0.417. The Morgan fingerprint density at radius 2 is 1.90 bits per heavy atom. The van der Waals surface area contributed by atoms with Gasteiger partial charge in [-0.1, -0.05) is 13.8 Å². The van der Waals surface area contributed by atoms with E-state index in [1.54, 1.807) is 0 Å². The smallest absolute Gasteiger partial charge is 0.274 e. The third-order valence-electron chi connectivity index (χ3n) is 5.81. The van der Waals surface area contributed by atoms with Gasteiger partial charge in [-0.2, -0.15) is 0 Å². The van der Waals surface area contributed by atoms with Crippen molar-refractivity contribution in [1.29, 1.82) is 0 Å². The number of hydrogen-bond donors (Lipinski definition) is 1. The molecule has 0 aliphatic carbocycles. The molecule has 3 heterocycles. The van der Waals surface area contributed by atoms with E-state index < -0.39 is 0 Å². The third kappa shape index (κ3) is 3.99. The van der Waals surface area contributed by atoms with E-state index in [0.717, 1.165) is 30.4 Å². The predicted molar refractivity (Wildman–Crippen MR) is 121 cm³/mol. The lowest BCUT2D eigenvalue weighted by Crippen LogP contribution is -2.32. The lowest BCUT2D eigenvalue weighted by molar-refractivity contribution is 0.102. The molecule has 1 N–H and O–H groups in total. The van der Waals surface area contributed by atoms with Crippen LogP contribution in [0.2, 0.25) is 0 Å². The number of carbonyl (C=O) groups is 1. The van der Waals surface area contributed by atoms with Crippen LogP contribution in [0.25, 0.3) is 5.65 Å². The summed E-state index contributed by atoms with van der Waals surface area (Å²) in [6.45, 7) is 9.01. The molecule has 1 aliphatic rings. The molecule has 1 fully saturated rings. The number of rotatable bonds is 6. The van der Waals surface area contributed by atoms with Gasteiger partial charge in [-0.25, -0.2) is 4.98 Å².